The molecule has 366 valence electrons. The Labute approximate surface area is 384 Å². The molecule has 8 nitrogen and oxygen atoms in total. The van der Waals surface area contributed by atoms with E-state index in [1.165, 1.54) is 141 Å². The third-order valence-electron chi connectivity index (χ3n) is 13.3. The topological polar surface area (TPSA) is 91.4 Å². The number of unbranched alkanes of at least 4 members (excludes halogenated alkanes) is 20. The minimum absolute atomic E-state index is 0.0230. The number of carbonyl (C=O) groups excluding carboxylic acids is 3. The van der Waals surface area contributed by atoms with Crippen LogP contribution in [0.5, 0.6) is 0 Å². The van der Waals surface area contributed by atoms with Crippen LogP contribution in [0.4, 0.5) is 4.79 Å². The van der Waals surface area contributed by atoms with Crippen molar-refractivity contribution in [3.63, 3.8) is 0 Å². The van der Waals surface area contributed by atoms with Crippen molar-refractivity contribution in [2.45, 2.75) is 278 Å². The van der Waals surface area contributed by atoms with Gasteiger partial charge in [-0.15, -0.1) is 0 Å². The van der Waals surface area contributed by atoms with Gasteiger partial charge in [0.25, 0.3) is 0 Å². The van der Waals surface area contributed by atoms with Crippen LogP contribution in [-0.4, -0.2) is 68.6 Å². The van der Waals surface area contributed by atoms with E-state index < -0.39 is 6.16 Å². The molecule has 0 aromatic heterocycles. The normalized spacial score (nSPS) is 13.1. The molecule has 1 rings (SSSR count). The van der Waals surface area contributed by atoms with E-state index in [2.05, 4.69) is 32.6 Å². The quantitative estimate of drug-likeness (QED) is 0.0339. The van der Waals surface area contributed by atoms with Crippen LogP contribution in [0.3, 0.4) is 0 Å². The first-order valence-electron chi connectivity index (χ1n) is 27.3. The predicted molar refractivity (Wildman–Crippen MR) is 260 cm³/mol. The van der Waals surface area contributed by atoms with Gasteiger partial charge in [-0.3, -0.25) is 14.5 Å². The number of carbonyl (C=O) groups is 3. The van der Waals surface area contributed by atoms with E-state index in [0.29, 0.717) is 44.5 Å². The fourth-order valence-electron chi connectivity index (χ4n) is 9.17. The number of rotatable bonds is 46. The van der Waals surface area contributed by atoms with Gasteiger partial charge in [-0.1, -0.05) is 195 Å². The van der Waals surface area contributed by atoms with Crippen molar-refractivity contribution < 1.29 is 33.3 Å². The second kappa shape index (κ2) is 44.4. The maximum Gasteiger partial charge on any atom is 0.508 e. The van der Waals surface area contributed by atoms with Crippen molar-refractivity contribution in [3.05, 3.63) is 0 Å². The first kappa shape index (κ1) is 58.2. The van der Waals surface area contributed by atoms with Crippen LogP contribution >= 0.6 is 0 Å². The smallest absolute Gasteiger partial charge is 0.466 e. The average Bonchev–Trinajstić information content (AvgIpc) is 3.78. The lowest BCUT2D eigenvalue weighted by atomic mass is 9.92. The van der Waals surface area contributed by atoms with Gasteiger partial charge in [0.2, 0.25) is 0 Å². The zero-order valence-corrected chi connectivity index (χ0v) is 41.6. The first-order valence-corrected chi connectivity index (χ1v) is 27.3. The SMILES string of the molecule is CCCCCC(CCCCC)CCOC(=O)CCCCCCCCCC(CCCCCCCCCC(=O)OCCC(CCCCC)CCCCC)OC(=O)OCCN1CCCC1. The first-order chi connectivity index (χ1) is 30.4. The van der Waals surface area contributed by atoms with Crippen LogP contribution in [-0.2, 0) is 28.5 Å². The Morgan fingerprint density at radius 3 is 1.15 bits per heavy atom. The number of likely N-dealkylation sites (tertiary alicyclic amines) is 1. The Balaban J connectivity index is 2.23. The molecule has 0 aliphatic carbocycles. The third kappa shape index (κ3) is 37.5. The van der Waals surface area contributed by atoms with Crippen LogP contribution in [0, 0.1) is 11.8 Å². The van der Waals surface area contributed by atoms with Crippen molar-refractivity contribution in [2.24, 2.45) is 11.8 Å². The highest BCUT2D eigenvalue weighted by atomic mass is 16.7. The highest BCUT2D eigenvalue weighted by Crippen LogP contribution is 2.23. The van der Waals surface area contributed by atoms with Gasteiger partial charge in [0.05, 0.1) is 13.2 Å². The molecule has 0 radical (unpaired) electrons. The van der Waals surface area contributed by atoms with E-state index in [1.54, 1.807) is 0 Å². The Hall–Kier alpha value is -1.83. The summed E-state index contributed by atoms with van der Waals surface area (Å²) in [5.41, 5.74) is 0. The third-order valence-corrected chi connectivity index (χ3v) is 13.3. The minimum Gasteiger partial charge on any atom is -0.466 e. The fraction of sp³-hybridized carbons (Fsp3) is 0.944. The monoisotopic (exact) mass is 878 g/mol. The van der Waals surface area contributed by atoms with Crippen molar-refractivity contribution >= 4 is 18.1 Å². The van der Waals surface area contributed by atoms with Crippen LogP contribution in [0.1, 0.15) is 272 Å². The van der Waals surface area contributed by atoms with Gasteiger partial charge in [-0.2, -0.15) is 0 Å². The van der Waals surface area contributed by atoms with Crippen molar-refractivity contribution in [2.75, 3.05) is 39.5 Å². The Kier molecular flexibility index (Phi) is 41.6. The molecule has 62 heavy (non-hydrogen) atoms. The Morgan fingerprint density at radius 2 is 0.758 bits per heavy atom. The molecule has 0 saturated carbocycles. The summed E-state index contributed by atoms with van der Waals surface area (Å²) >= 11 is 0. The molecule has 0 spiro atoms. The molecule has 1 aliphatic rings. The number of esters is 2. The van der Waals surface area contributed by atoms with Gasteiger partial charge < -0.3 is 18.9 Å². The van der Waals surface area contributed by atoms with Gasteiger partial charge in [-0.25, -0.2) is 4.79 Å². The highest BCUT2D eigenvalue weighted by molar-refractivity contribution is 5.69. The number of hydrogen-bond acceptors (Lipinski definition) is 8. The number of ether oxygens (including phenoxy) is 4. The molecule has 1 aliphatic heterocycles. The van der Waals surface area contributed by atoms with Crippen LogP contribution in [0.2, 0.25) is 0 Å². The zero-order valence-electron chi connectivity index (χ0n) is 41.6. The van der Waals surface area contributed by atoms with Gasteiger partial charge in [0.15, 0.2) is 0 Å². The molecular formula is C54H103NO7. The van der Waals surface area contributed by atoms with E-state index in [1.807, 2.05) is 0 Å². The lowest BCUT2D eigenvalue weighted by molar-refractivity contribution is -0.145. The summed E-state index contributed by atoms with van der Waals surface area (Å²) in [5, 5.41) is 0. The van der Waals surface area contributed by atoms with Crippen LogP contribution < -0.4 is 0 Å². The maximum absolute atomic E-state index is 12.6. The Morgan fingerprint density at radius 1 is 0.403 bits per heavy atom. The van der Waals surface area contributed by atoms with Crippen LogP contribution in [0.15, 0.2) is 0 Å². The minimum atomic E-state index is -0.510. The molecular weight excluding hydrogens is 775 g/mol. The molecule has 0 unspecified atom stereocenters. The van der Waals surface area contributed by atoms with Gasteiger partial charge in [-0.05, 0) is 89.1 Å². The van der Waals surface area contributed by atoms with E-state index in [9.17, 15) is 14.4 Å². The van der Waals surface area contributed by atoms with Gasteiger partial charge >= 0.3 is 18.1 Å². The largest absolute Gasteiger partial charge is 0.508 e. The summed E-state index contributed by atoms with van der Waals surface area (Å²) in [4.78, 5) is 39.7. The van der Waals surface area contributed by atoms with Crippen molar-refractivity contribution in [3.8, 4) is 0 Å². The molecule has 0 atom stereocenters. The molecule has 1 saturated heterocycles. The van der Waals surface area contributed by atoms with E-state index in [4.69, 9.17) is 18.9 Å². The lowest BCUT2D eigenvalue weighted by Crippen LogP contribution is -2.26. The summed E-state index contributed by atoms with van der Waals surface area (Å²) < 4.78 is 22.7. The lowest BCUT2D eigenvalue weighted by Gasteiger charge is -2.19. The molecule has 8 heteroatoms. The Bertz CT molecular complexity index is 921. The summed E-state index contributed by atoms with van der Waals surface area (Å²) in [6.45, 7) is 13.6. The van der Waals surface area contributed by atoms with Crippen molar-refractivity contribution in [1.82, 2.24) is 4.90 Å². The second-order valence-electron chi connectivity index (χ2n) is 19.1. The summed E-state index contributed by atoms with van der Waals surface area (Å²) in [6.07, 6.45) is 42.7. The second-order valence-corrected chi connectivity index (χ2v) is 19.1. The van der Waals surface area contributed by atoms with Gasteiger partial charge in [0.1, 0.15) is 12.7 Å². The van der Waals surface area contributed by atoms with Crippen molar-refractivity contribution in [1.29, 1.82) is 0 Å². The van der Waals surface area contributed by atoms with E-state index in [-0.39, 0.29) is 18.0 Å². The maximum atomic E-state index is 12.6. The molecule has 0 aromatic rings. The summed E-state index contributed by atoms with van der Waals surface area (Å²) in [5.74, 6) is 1.35. The molecule has 0 N–H and O–H groups in total. The molecule has 1 heterocycles. The summed E-state index contributed by atoms with van der Waals surface area (Å²) in [6, 6.07) is 0. The average molecular weight is 878 g/mol. The molecule has 0 aromatic carbocycles. The summed E-state index contributed by atoms with van der Waals surface area (Å²) in [7, 11) is 0. The molecule has 0 bridgehead atoms. The standard InChI is InChI=1S/C54H103NO7/c1-5-9-23-33-49(34-24-10-6-2)41-46-59-52(56)39-29-21-17-13-15-19-27-37-51(62-54(58)61-48-45-55-43-31-32-44-55)38-28-20-16-14-18-22-30-40-53(57)60-47-42-50(35-25-11-7-3)36-26-12-8-4/h49-51H,5-48H2,1-4H3. The number of nitrogens with zero attached hydrogens (tertiary/aromatic N) is 1. The number of hydrogen-bond donors (Lipinski definition) is 0. The zero-order chi connectivity index (χ0) is 45.0. The predicted octanol–water partition coefficient (Wildman–Crippen LogP) is 16.0. The molecule has 0 amide bonds. The fourth-order valence-corrected chi connectivity index (χ4v) is 9.17. The van der Waals surface area contributed by atoms with Crippen LogP contribution in [0.25, 0.3) is 0 Å². The highest BCUT2D eigenvalue weighted by Gasteiger charge is 2.18. The van der Waals surface area contributed by atoms with E-state index >= 15 is 0 Å². The van der Waals surface area contributed by atoms with E-state index in [0.717, 1.165) is 110 Å². The molecule has 1 fully saturated rings. The van der Waals surface area contributed by atoms with Gasteiger partial charge in [0, 0.05) is 19.4 Å².